The van der Waals surface area contributed by atoms with Gasteiger partial charge in [0.25, 0.3) is 0 Å². The zero-order valence-corrected chi connectivity index (χ0v) is 24.7. The Hall–Kier alpha value is -6.26. The van der Waals surface area contributed by atoms with E-state index < -0.39 is 0 Å². The molecule has 0 spiro atoms. The van der Waals surface area contributed by atoms with Gasteiger partial charge in [0.1, 0.15) is 11.2 Å². The molecule has 4 heteroatoms. The second kappa shape index (κ2) is 8.68. The summed E-state index contributed by atoms with van der Waals surface area (Å²) in [5.74, 6) is 0. The van der Waals surface area contributed by atoms with Crippen molar-refractivity contribution in [3.05, 3.63) is 152 Å². The molecule has 1 aliphatic heterocycles. The van der Waals surface area contributed by atoms with Crippen LogP contribution in [0.1, 0.15) is 0 Å². The van der Waals surface area contributed by atoms with Crippen LogP contribution < -0.4 is 4.90 Å². The van der Waals surface area contributed by atoms with Crippen LogP contribution in [0.5, 0.6) is 0 Å². The average molecular weight is 588 g/mol. The van der Waals surface area contributed by atoms with Crippen molar-refractivity contribution in [3.8, 4) is 11.4 Å². The normalized spacial score (nSPS) is 12.7. The monoisotopic (exact) mass is 587 g/mol. The van der Waals surface area contributed by atoms with Crippen molar-refractivity contribution in [2.45, 2.75) is 0 Å². The molecule has 10 aromatic rings. The minimum absolute atomic E-state index is 0.912. The lowest BCUT2D eigenvalue weighted by atomic mass is 10.1. The SMILES string of the molecule is c1ccc2c(c1)N(c1ccc(-n3c4ccccc4c4ccccc43)cc1)c1cccc3c4ccc5oc6ccccc6c5c4n-2c13. The van der Waals surface area contributed by atoms with E-state index in [1.54, 1.807) is 0 Å². The fourth-order valence-electron chi connectivity index (χ4n) is 7.97. The minimum atomic E-state index is 0.912. The van der Waals surface area contributed by atoms with Crippen molar-refractivity contribution in [2.24, 2.45) is 0 Å². The topological polar surface area (TPSA) is 26.2 Å². The van der Waals surface area contributed by atoms with Crippen LogP contribution >= 0.6 is 0 Å². The van der Waals surface area contributed by atoms with E-state index in [9.17, 15) is 0 Å². The Morgan fingerprint density at radius 3 is 1.72 bits per heavy atom. The Balaban J connectivity index is 1.17. The van der Waals surface area contributed by atoms with Crippen LogP contribution in [-0.4, -0.2) is 9.13 Å². The number of aromatic nitrogens is 2. The molecule has 46 heavy (non-hydrogen) atoms. The number of furan rings is 1. The van der Waals surface area contributed by atoms with Gasteiger partial charge in [-0.15, -0.1) is 0 Å². The van der Waals surface area contributed by atoms with Crippen molar-refractivity contribution in [3.63, 3.8) is 0 Å². The number of rotatable bonds is 2. The Bertz CT molecular complexity index is 2810. The smallest absolute Gasteiger partial charge is 0.137 e. The Morgan fingerprint density at radius 1 is 0.348 bits per heavy atom. The maximum absolute atomic E-state index is 6.35. The van der Waals surface area contributed by atoms with Crippen LogP contribution in [0.3, 0.4) is 0 Å². The number of para-hydroxylation sites is 6. The van der Waals surface area contributed by atoms with Crippen LogP contribution in [0.2, 0.25) is 0 Å². The molecule has 0 amide bonds. The van der Waals surface area contributed by atoms with Crippen molar-refractivity contribution in [1.82, 2.24) is 9.13 Å². The van der Waals surface area contributed by atoms with Crippen LogP contribution in [0.4, 0.5) is 17.1 Å². The lowest BCUT2D eigenvalue weighted by molar-refractivity contribution is 0.669. The van der Waals surface area contributed by atoms with Gasteiger partial charge in [-0.05, 0) is 72.8 Å². The molecule has 7 aromatic carbocycles. The van der Waals surface area contributed by atoms with Gasteiger partial charge < -0.3 is 18.5 Å². The number of hydrogen-bond acceptors (Lipinski definition) is 2. The van der Waals surface area contributed by atoms with Gasteiger partial charge in [-0.3, -0.25) is 0 Å². The first-order valence-corrected chi connectivity index (χ1v) is 15.7. The fourth-order valence-corrected chi connectivity index (χ4v) is 7.97. The molecule has 0 fully saturated rings. The predicted octanol–water partition coefficient (Wildman–Crippen LogP) is 11.6. The molecule has 0 bridgehead atoms. The van der Waals surface area contributed by atoms with Gasteiger partial charge in [0, 0.05) is 38.3 Å². The largest absolute Gasteiger partial charge is 0.456 e. The molecular weight excluding hydrogens is 562 g/mol. The zero-order valence-electron chi connectivity index (χ0n) is 24.7. The third-order valence-electron chi connectivity index (χ3n) is 9.82. The fraction of sp³-hybridized carbons (Fsp3) is 0. The molecule has 0 N–H and O–H groups in total. The summed E-state index contributed by atoms with van der Waals surface area (Å²) in [6, 6.07) is 54.5. The zero-order chi connectivity index (χ0) is 29.9. The quantitative estimate of drug-likeness (QED) is 0.201. The molecule has 214 valence electrons. The summed E-state index contributed by atoms with van der Waals surface area (Å²) in [6.45, 7) is 0. The summed E-state index contributed by atoms with van der Waals surface area (Å²) < 4.78 is 11.2. The van der Waals surface area contributed by atoms with Gasteiger partial charge >= 0.3 is 0 Å². The molecular formula is C42H25N3O. The van der Waals surface area contributed by atoms with Crippen molar-refractivity contribution >= 4 is 82.6 Å². The van der Waals surface area contributed by atoms with Gasteiger partial charge in [-0.1, -0.05) is 78.9 Å². The van der Waals surface area contributed by atoms with Crippen LogP contribution in [-0.2, 0) is 0 Å². The van der Waals surface area contributed by atoms with E-state index in [1.807, 2.05) is 6.07 Å². The highest BCUT2D eigenvalue weighted by molar-refractivity contribution is 6.27. The van der Waals surface area contributed by atoms with E-state index in [0.717, 1.165) is 50.4 Å². The molecule has 0 saturated heterocycles. The van der Waals surface area contributed by atoms with Crippen molar-refractivity contribution in [2.75, 3.05) is 4.90 Å². The van der Waals surface area contributed by atoms with E-state index >= 15 is 0 Å². The molecule has 4 heterocycles. The standard InChI is InChI=1S/C42H25N3O/c1-4-14-33-28(10-1)29-11-2-5-15-34(29)43(33)26-20-22-27(23-21-26)44-35-16-6-7-17-36(35)45-41-30(13-9-18-37(41)44)31-24-25-39-40(42(31)45)32-12-3-8-19-38(32)46-39/h1-25H. The minimum Gasteiger partial charge on any atom is -0.456 e. The molecule has 0 atom stereocenters. The number of anilines is 3. The molecule has 0 radical (unpaired) electrons. The van der Waals surface area contributed by atoms with Crippen LogP contribution in [0.15, 0.2) is 156 Å². The Labute approximate surface area is 263 Å². The molecule has 11 rings (SSSR count). The van der Waals surface area contributed by atoms with E-state index in [1.165, 1.54) is 43.6 Å². The number of benzene rings is 7. The summed E-state index contributed by atoms with van der Waals surface area (Å²) in [7, 11) is 0. The highest BCUT2D eigenvalue weighted by Gasteiger charge is 2.30. The van der Waals surface area contributed by atoms with Crippen LogP contribution in [0, 0.1) is 0 Å². The second-order valence-corrected chi connectivity index (χ2v) is 12.2. The van der Waals surface area contributed by atoms with Gasteiger partial charge in [-0.25, -0.2) is 0 Å². The summed E-state index contributed by atoms with van der Waals surface area (Å²) >= 11 is 0. The summed E-state index contributed by atoms with van der Waals surface area (Å²) in [5, 5.41) is 7.31. The molecule has 1 aliphatic rings. The van der Waals surface area contributed by atoms with Crippen molar-refractivity contribution in [1.29, 1.82) is 0 Å². The van der Waals surface area contributed by atoms with Gasteiger partial charge in [0.2, 0.25) is 0 Å². The summed E-state index contributed by atoms with van der Waals surface area (Å²) in [5.41, 5.74) is 12.4. The number of hydrogen-bond donors (Lipinski definition) is 0. The Morgan fingerprint density at radius 2 is 0.935 bits per heavy atom. The first-order valence-electron chi connectivity index (χ1n) is 15.7. The van der Waals surface area contributed by atoms with E-state index in [2.05, 4.69) is 160 Å². The molecule has 0 saturated carbocycles. The summed E-state index contributed by atoms with van der Waals surface area (Å²) in [6.07, 6.45) is 0. The second-order valence-electron chi connectivity index (χ2n) is 12.2. The molecule has 4 nitrogen and oxygen atoms in total. The molecule has 0 aliphatic carbocycles. The number of fused-ring (bicyclic) bond motifs is 12. The van der Waals surface area contributed by atoms with Crippen LogP contribution in [0.25, 0.3) is 76.9 Å². The average Bonchev–Trinajstić information content (AvgIpc) is 3.77. The third kappa shape index (κ3) is 2.98. The van der Waals surface area contributed by atoms with Gasteiger partial charge in [-0.2, -0.15) is 0 Å². The molecule has 0 unspecified atom stereocenters. The molecule has 3 aromatic heterocycles. The van der Waals surface area contributed by atoms with E-state index in [4.69, 9.17) is 4.42 Å². The summed E-state index contributed by atoms with van der Waals surface area (Å²) in [4.78, 5) is 2.41. The first kappa shape index (κ1) is 24.1. The predicted molar refractivity (Wildman–Crippen MR) is 191 cm³/mol. The van der Waals surface area contributed by atoms with E-state index in [-0.39, 0.29) is 0 Å². The Kier molecular flexibility index (Phi) is 4.55. The van der Waals surface area contributed by atoms with Gasteiger partial charge in [0.05, 0.1) is 44.5 Å². The number of nitrogens with zero attached hydrogens (tertiary/aromatic N) is 3. The lowest BCUT2D eigenvalue weighted by Crippen LogP contribution is -2.18. The highest BCUT2D eigenvalue weighted by atomic mass is 16.3. The highest BCUT2D eigenvalue weighted by Crippen LogP contribution is 2.51. The third-order valence-corrected chi connectivity index (χ3v) is 9.82. The van der Waals surface area contributed by atoms with E-state index in [0.29, 0.717) is 0 Å². The maximum atomic E-state index is 6.35. The maximum Gasteiger partial charge on any atom is 0.137 e. The van der Waals surface area contributed by atoms with Gasteiger partial charge in [0.15, 0.2) is 0 Å². The lowest BCUT2D eigenvalue weighted by Gasteiger charge is -2.33. The first-order chi connectivity index (χ1) is 22.8. The van der Waals surface area contributed by atoms with Crippen molar-refractivity contribution < 1.29 is 4.42 Å².